The lowest BCUT2D eigenvalue weighted by molar-refractivity contribution is 0.415. The van der Waals surface area contributed by atoms with Gasteiger partial charge in [0.15, 0.2) is 5.65 Å². The Labute approximate surface area is 180 Å². The highest BCUT2D eigenvalue weighted by molar-refractivity contribution is 5.84. The number of fused-ring (bicyclic) bond motifs is 1. The lowest BCUT2D eigenvalue weighted by Gasteiger charge is -2.08. The highest BCUT2D eigenvalue weighted by atomic mass is 16.5. The Hall–Kier alpha value is -4.12. The second-order valence-electron chi connectivity index (χ2n) is 7.37. The van der Waals surface area contributed by atoms with Gasteiger partial charge in [0, 0.05) is 18.2 Å². The first-order valence-corrected chi connectivity index (χ1v) is 10.1. The van der Waals surface area contributed by atoms with Crippen molar-refractivity contribution in [1.82, 2.24) is 14.6 Å². The number of nitrogens with two attached hydrogens (primary N) is 1. The van der Waals surface area contributed by atoms with E-state index in [2.05, 4.69) is 24.3 Å². The molecule has 2 aromatic heterocycles. The summed E-state index contributed by atoms with van der Waals surface area (Å²) in [4.78, 5) is 4.79. The zero-order valence-corrected chi connectivity index (χ0v) is 17.2. The average Bonchev–Trinajstić information content (AvgIpc) is 3.19. The second-order valence-corrected chi connectivity index (χ2v) is 7.37. The molecule has 5 rings (SSSR count). The molecule has 0 saturated heterocycles. The van der Waals surface area contributed by atoms with Crippen LogP contribution >= 0.6 is 0 Å². The fourth-order valence-corrected chi connectivity index (χ4v) is 3.85. The van der Waals surface area contributed by atoms with Crippen LogP contribution in [-0.2, 0) is 6.42 Å². The molecule has 0 atom stereocenters. The number of rotatable bonds is 5. The smallest absolute Gasteiger partial charge is 0.165 e. The van der Waals surface area contributed by atoms with Crippen molar-refractivity contribution in [3.8, 4) is 28.0 Å². The highest BCUT2D eigenvalue weighted by Crippen LogP contribution is 2.33. The van der Waals surface area contributed by atoms with Crippen LogP contribution in [0.25, 0.3) is 27.9 Å². The number of hydrogen-bond acceptors (Lipinski definition) is 4. The van der Waals surface area contributed by atoms with Crippen LogP contribution in [-0.4, -0.2) is 21.7 Å². The first-order chi connectivity index (χ1) is 15.2. The lowest BCUT2D eigenvalue weighted by Crippen LogP contribution is -2.03. The fourth-order valence-electron chi connectivity index (χ4n) is 3.85. The van der Waals surface area contributed by atoms with Gasteiger partial charge in [0.25, 0.3) is 0 Å². The number of anilines is 1. The van der Waals surface area contributed by atoms with E-state index >= 15 is 0 Å². The number of nitrogens with zero attached hydrogens (tertiary/aromatic N) is 3. The monoisotopic (exact) mass is 406 g/mol. The molecule has 3 aromatic carbocycles. The Kier molecular flexibility index (Phi) is 4.84. The Morgan fingerprint density at radius 1 is 0.839 bits per heavy atom. The Balaban J connectivity index is 1.69. The van der Waals surface area contributed by atoms with E-state index in [1.807, 2.05) is 66.9 Å². The normalized spacial score (nSPS) is 11.0. The molecular formula is C26H22N4O. The lowest BCUT2D eigenvalue weighted by atomic mass is 10.0. The summed E-state index contributed by atoms with van der Waals surface area (Å²) in [5.74, 6) is 1.36. The van der Waals surface area contributed by atoms with Gasteiger partial charge in [-0.1, -0.05) is 72.8 Å². The molecule has 2 N–H and O–H groups in total. The van der Waals surface area contributed by atoms with E-state index in [4.69, 9.17) is 20.6 Å². The van der Waals surface area contributed by atoms with Crippen molar-refractivity contribution in [3.05, 3.63) is 102 Å². The van der Waals surface area contributed by atoms with Crippen molar-refractivity contribution in [3.63, 3.8) is 0 Å². The number of benzene rings is 3. The third-order valence-electron chi connectivity index (χ3n) is 5.43. The topological polar surface area (TPSA) is 65.4 Å². The van der Waals surface area contributed by atoms with Crippen LogP contribution in [0.2, 0.25) is 0 Å². The predicted octanol–water partition coefficient (Wildman–Crippen LogP) is 5.24. The molecule has 152 valence electrons. The van der Waals surface area contributed by atoms with E-state index in [1.54, 1.807) is 11.6 Å². The first-order valence-electron chi connectivity index (χ1n) is 10.1. The van der Waals surface area contributed by atoms with Crippen molar-refractivity contribution in [2.24, 2.45) is 0 Å². The van der Waals surface area contributed by atoms with Crippen LogP contribution in [0.15, 0.2) is 91.1 Å². The molecule has 0 amide bonds. The molecule has 0 unspecified atom stereocenters. The van der Waals surface area contributed by atoms with Gasteiger partial charge in [-0.25, -0.2) is 4.98 Å². The number of methoxy groups -OCH3 is 1. The summed E-state index contributed by atoms with van der Waals surface area (Å²) >= 11 is 0. The van der Waals surface area contributed by atoms with Crippen molar-refractivity contribution >= 4 is 11.5 Å². The van der Waals surface area contributed by atoms with Crippen molar-refractivity contribution in [1.29, 1.82) is 0 Å². The first kappa shape index (κ1) is 18.9. The maximum atomic E-state index is 6.60. The van der Waals surface area contributed by atoms with E-state index in [9.17, 15) is 0 Å². The average molecular weight is 406 g/mol. The standard InChI is InChI=1S/C26H22N4O/c1-31-21-14-12-19(13-15-21)22-17-28-26-24(20-10-6-3-7-11-20)23(29-30(26)25(22)27)16-18-8-4-2-5-9-18/h2-15,17H,16,27H2,1H3. The Morgan fingerprint density at radius 2 is 1.52 bits per heavy atom. The minimum absolute atomic E-state index is 0.562. The summed E-state index contributed by atoms with van der Waals surface area (Å²) < 4.78 is 7.03. The van der Waals surface area contributed by atoms with Crippen molar-refractivity contribution < 1.29 is 4.74 Å². The molecule has 0 bridgehead atoms. The number of ether oxygens (including phenoxy) is 1. The van der Waals surface area contributed by atoms with Gasteiger partial charge in [-0.15, -0.1) is 0 Å². The predicted molar refractivity (Wildman–Crippen MR) is 124 cm³/mol. The van der Waals surface area contributed by atoms with Gasteiger partial charge < -0.3 is 10.5 Å². The zero-order valence-electron chi connectivity index (χ0n) is 17.2. The van der Waals surface area contributed by atoms with Gasteiger partial charge in [-0.2, -0.15) is 9.61 Å². The second kappa shape index (κ2) is 7.95. The van der Waals surface area contributed by atoms with Gasteiger partial charge in [0.05, 0.1) is 18.4 Å². The highest BCUT2D eigenvalue weighted by Gasteiger charge is 2.19. The molecule has 0 aliphatic heterocycles. The van der Waals surface area contributed by atoms with Gasteiger partial charge in [-0.05, 0) is 28.8 Å². The van der Waals surface area contributed by atoms with Crippen molar-refractivity contribution in [2.45, 2.75) is 6.42 Å². The van der Waals surface area contributed by atoms with Crippen LogP contribution in [0.3, 0.4) is 0 Å². The fraction of sp³-hybridized carbons (Fsp3) is 0.0769. The minimum atomic E-state index is 0.562. The third kappa shape index (κ3) is 3.51. The molecule has 0 aliphatic carbocycles. The summed E-state index contributed by atoms with van der Waals surface area (Å²) in [5.41, 5.74) is 13.4. The van der Waals surface area contributed by atoms with E-state index in [0.717, 1.165) is 39.3 Å². The van der Waals surface area contributed by atoms with E-state index < -0.39 is 0 Å². The largest absolute Gasteiger partial charge is 0.497 e. The molecule has 2 heterocycles. The Morgan fingerprint density at radius 3 is 2.19 bits per heavy atom. The number of nitrogen functional groups attached to an aromatic ring is 1. The zero-order chi connectivity index (χ0) is 21.2. The SMILES string of the molecule is COc1ccc(-c2cnc3c(-c4ccccc4)c(Cc4ccccc4)nn3c2N)cc1. The van der Waals surface area contributed by atoms with E-state index in [0.29, 0.717) is 12.2 Å². The van der Waals surface area contributed by atoms with Gasteiger partial charge in [0.1, 0.15) is 11.6 Å². The molecular weight excluding hydrogens is 384 g/mol. The molecule has 5 nitrogen and oxygen atoms in total. The summed E-state index contributed by atoms with van der Waals surface area (Å²) in [6.45, 7) is 0. The molecule has 0 radical (unpaired) electrons. The molecule has 0 aliphatic rings. The minimum Gasteiger partial charge on any atom is -0.497 e. The summed E-state index contributed by atoms with van der Waals surface area (Å²) in [7, 11) is 1.65. The Bertz CT molecular complexity index is 1330. The quantitative estimate of drug-likeness (QED) is 0.433. The summed E-state index contributed by atoms with van der Waals surface area (Å²) in [6, 6.07) is 28.3. The van der Waals surface area contributed by atoms with Gasteiger partial charge in [0.2, 0.25) is 0 Å². The van der Waals surface area contributed by atoms with Crippen LogP contribution in [0, 0.1) is 0 Å². The molecule has 0 saturated carbocycles. The van der Waals surface area contributed by atoms with Gasteiger partial charge >= 0.3 is 0 Å². The summed E-state index contributed by atoms with van der Waals surface area (Å²) in [5, 5.41) is 4.91. The maximum Gasteiger partial charge on any atom is 0.165 e. The molecule has 5 aromatic rings. The van der Waals surface area contributed by atoms with Crippen LogP contribution < -0.4 is 10.5 Å². The van der Waals surface area contributed by atoms with Crippen molar-refractivity contribution in [2.75, 3.05) is 12.8 Å². The number of hydrogen-bond donors (Lipinski definition) is 1. The molecule has 31 heavy (non-hydrogen) atoms. The maximum absolute atomic E-state index is 6.60. The van der Waals surface area contributed by atoms with Gasteiger partial charge in [-0.3, -0.25) is 0 Å². The van der Waals surface area contributed by atoms with Crippen LogP contribution in [0.1, 0.15) is 11.3 Å². The molecule has 0 fully saturated rings. The van der Waals surface area contributed by atoms with E-state index in [1.165, 1.54) is 5.56 Å². The van der Waals surface area contributed by atoms with Crippen LogP contribution in [0.4, 0.5) is 5.82 Å². The van der Waals surface area contributed by atoms with Crippen LogP contribution in [0.5, 0.6) is 5.75 Å². The van der Waals surface area contributed by atoms with E-state index in [-0.39, 0.29) is 0 Å². The molecule has 0 spiro atoms. The summed E-state index contributed by atoms with van der Waals surface area (Å²) in [6.07, 6.45) is 2.53. The number of aromatic nitrogens is 3. The molecule has 5 heteroatoms. The third-order valence-corrected chi connectivity index (χ3v) is 5.43.